The molecular formula is C22H22N2O4. The maximum atomic E-state index is 12.8. The van der Waals surface area contributed by atoms with Gasteiger partial charge in [0.05, 0.1) is 5.56 Å². The van der Waals surface area contributed by atoms with E-state index in [1.165, 1.54) is 0 Å². The number of nitrogens with one attached hydrogen (secondary N) is 2. The number of imide groups is 1. The average molecular weight is 378 g/mol. The van der Waals surface area contributed by atoms with Crippen LogP contribution in [0.3, 0.4) is 0 Å². The molecule has 0 saturated carbocycles. The number of rotatable bonds is 5. The van der Waals surface area contributed by atoms with E-state index in [-0.39, 0.29) is 5.92 Å². The first-order valence-electron chi connectivity index (χ1n) is 9.11. The summed E-state index contributed by atoms with van der Waals surface area (Å²) in [5.74, 6) is -1.02. The Morgan fingerprint density at radius 1 is 0.929 bits per heavy atom. The Labute approximate surface area is 162 Å². The molecule has 0 aliphatic heterocycles. The lowest BCUT2D eigenvalue weighted by Gasteiger charge is -2.12. The molecule has 0 unspecified atom stereocenters. The van der Waals surface area contributed by atoms with Gasteiger partial charge in [0.2, 0.25) is 0 Å². The van der Waals surface area contributed by atoms with Gasteiger partial charge in [0, 0.05) is 6.54 Å². The van der Waals surface area contributed by atoms with Crippen LogP contribution in [0.5, 0.6) is 0 Å². The monoisotopic (exact) mass is 378 g/mol. The number of carbonyl (C=O) groups is 3. The van der Waals surface area contributed by atoms with E-state index < -0.39 is 24.5 Å². The minimum absolute atomic E-state index is 0.262. The lowest BCUT2D eigenvalue weighted by Crippen LogP contribution is -2.42. The first-order chi connectivity index (χ1) is 13.5. The van der Waals surface area contributed by atoms with Crippen molar-refractivity contribution in [1.82, 2.24) is 10.6 Å². The molecule has 0 radical (unpaired) electrons. The van der Waals surface area contributed by atoms with Crippen LogP contribution in [-0.4, -0.2) is 31.1 Å². The largest absolute Gasteiger partial charge is 0.452 e. The van der Waals surface area contributed by atoms with E-state index in [0.29, 0.717) is 12.1 Å². The molecule has 0 heterocycles. The Bertz CT molecular complexity index is 989. The Hall–Kier alpha value is -3.41. The summed E-state index contributed by atoms with van der Waals surface area (Å²) >= 11 is 0. The van der Waals surface area contributed by atoms with Gasteiger partial charge in [-0.05, 0) is 33.5 Å². The van der Waals surface area contributed by atoms with Crippen LogP contribution < -0.4 is 10.6 Å². The third kappa shape index (κ3) is 4.46. The maximum Gasteiger partial charge on any atom is 0.339 e. The molecule has 28 heavy (non-hydrogen) atoms. The Kier molecular flexibility index (Phi) is 5.89. The van der Waals surface area contributed by atoms with Crippen LogP contribution >= 0.6 is 0 Å². The van der Waals surface area contributed by atoms with E-state index in [1.807, 2.05) is 68.4 Å². The molecule has 3 rings (SSSR count). The number of benzene rings is 3. The minimum atomic E-state index is -0.681. The van der Waals surface area contributed by atoms with Crippen LogP contribution in [0.4, 0.5) is 4.79 Å². The van der Waals surface area contributed by atoms with Crippen LogP contribution in [0.1, 0.15) is 24.2 Å². The van der Waals surface area contributed by atoms with E-state index in [1.54, 1.807) is 0 Å². The van der Waals surface area contributed by atoms with Gasteiger partial charge < -0.3 is 10.1 Å². The lowest BCUT2D eigenvalue weighted by atomic mass is 9.97. The van der Waals surface area contributed by atoms with Crippen molar-refractivity contribution in [2.75, 3.05) is 13.2 Å². The van der Waals surface area contributed by atoms with Gasteiger partial charge >= 0.3 is 12.0 Å². The number of hydrogen-bond donors (Lipinski definition) is 2. The Balaban J connectivity index is 1.76. The van der Waals surface area contributed by atoms with Gasteiger partial charge in [-0.3, -0.25) is 10.1 Å². The molecule has 0 spiro atoms. The van der Waals surface area contributed by atoms with E-state index in [4.69, 9.17) is 4.74 Å². The second-order valence-electron chi connectivity index (χ2n) is 6.92. The summed E-state index contributed by atoms with van der Waals surface area (Å²) in [5, 5.41) is 8.04. The number of urea groups is 1. The first-order valence-corrected chi connectivity index (χ1v) is 9.11. The zero-order valence-corrected chi connectivity index (χ0v) is 15.8. The van der Waals surface area contributed by atoms with Crippen LogP contribution in [0.25, 0.3) is 21.5 Å². The number of amides is 3. The van der Waals surface area contributed by atoms with E-state index in [9.17, 15) is 14.4 Å². The normalized spacial score (nSPS) is 10.8. The third-order valence-electron chi connectivity index (χ3n) is 4.23. The van der Waals surface area contributed by atoms with Crippen LogP contribution in [-0.2, 0) is 9.53 Å². The lowest BCUT2D eigenvalue weighted by molar-refractivity contribution is -0.123. The molecule has 6 heteroatoms. The first kappa shape index (κ1) is 19.4. The summed E-state index contributed by atoms with van der Waals surface area (Å²) in [6.07, 6.45) is 0. The number of fused-ring (bicyclic) bond motifs is 2. The van der Waals surface area contributed by atoms with Crippen molar-refractivity contribution in [3.8, 4) is 0 Å². The highest BCUT2D eigenvalue weighted by molar-refractivity contribution is 6.16. The fourth-order valence-corrected chi connectivity index (χ4v) is 2.94. The molecule has 0 aromatic heterocycles. The summed E-state index contributed by atoms with van der Waals surface area (Å²) in [6, 6.07) is 16.4. The molecule has 0 aliphatic carbocycles. The number of esters is 1. The van der Waals surface area contributed by atoms with Crippen LogP contribution in [0.2, 0.25) is 0 Å². The summed E-state index contributed by atoms with van der Waals surface area (Å²) in [7, 11) is 0. The molecule has 3 aromatic rings. The van der Waals surface area contributed by atoms with Crippen molar-refractivity contribution in [1.29, 1.82) is 0 Å². The fraction of sp³-hybridized carbons (Fsp3) is 0.227. The highest BCUT2D eigenvalue weighted by Crippen LogP contribution is 2.29. The van der Waals surface area contributed by atoms with Crippen molar-refractivity contribution in [3.63, 3.8) is 0 Å². The molecule has 0 aliphatic rings. The third-order valence-corrected chi connectivity index (χ3v) is 4.23. The van der Waals surface area contributed by atoms with E-state index in [0.717, 1.165) is 21.5 Å². The van der Waals surface area contributed by atoms with Gasteiger partial charge in [0.25, 0.3) is 5.91 Å². The minimum Gasteiger partial charge on any atom is -0.452 e. The summed E-state index contributed by atoms with van der Waals surface area (Å²) in [4.78, 5) is 36.3. The molecule has 0 saturated heterocycles. The highest BCUT2D eigenvalue weighted by atomic mass is 16.5. The highest BCUT2D eigenvalue weighted by Gasteiger charge is 2.18. The standard InChI is InChI=1S/C22H22N2O4/c1-14(2)12-23-22(27)24-19(25)13-28-21(26)20-17-9-5-3-7-15(17)11-16-8-4-6-10-18(16)20/h3-11,14H,12-13H2,1-2H3,(H2,23,24,25,27). The Morgan fingerprint density at radius 2 is 1.50 bits per heavy atom. The van der Waals surface area contributed by atoms with Gasteiger partial charge in [0.1, 0.15) is 0 Å². The van der Waals surface area contributed by atoms with Crippen molar-refractivity contribution in [3.05, 3.63) is 60.2 Å². The van der Waals surface area contributed by atoms with Crippen LogP contribution in [0.15, 0.2) is 54.6 Å². The zero-order chi connectivity index (χ0) is 20.1. The molecule has 3 amide bonds. The van der Waals surface area contributed by atoms with Gasteiger partial charge in [-0.25, -0.2) is 9.59 Å². The summed E-state index contributed by atoms with van der Waals surface area (Å²) in [5.41, 5.74) is 0.408. The molecule has 0 atom stereocenters. The molecule has 144 valence electrons. The zero-order valence-electron chi connectivity index (χ0n) is 15.8. The SMILES string of the molecule is CC(C)CNC(=O)NC(=O)COC(=O)c1c2ccccc2cc2ccccc12. The molecule has 2 N–H and O–H groups in total. The molecule has 0 bridgehead atoms. The summed E-state index contributed by atoms with van der Waals surface area (Å²) < 4.78 is 5.20. The second-order valence-corrected chi connectivity index (χ2v) is 6.92. The van der Waals surface area contributed by atoms with Gasteiger partial charge in [0.15, 0.2) is 6.61 Å². The molecule has 0 fully saturated rings. The predicted octanol–water partition coefficient (Wildman–Crippen LogP) is 3.63. The predicted molar refractivity (Wildman–Crippen MR) is 108 cm³/mol. The van der Waals surface area contributed by atoms with Crippen molar-refractivity contribution in [2.45, 2.75) is 13.8 Å². The summed E-state index contributed by atoms with van der Waals surface area (Å²) in [6.45, 7) is 3.79. The van der Waals surface area contributed by atoms with Crippen molar-refractivity contribution < 1.29 is 19.1 Å². The number of carbonyl (C=O) groups excluding carboxylic acids is 3. The molecular weight excluding hydrogens is 356 g/mol. The molecule has 6 nitrogen and oxygen atoms in total. The van der Waals surface area contributed by atoms with Gasteiger partial charge in [-0.2, -0.15) is 0 Å². The topological polar surface area (TPSA) is 84.5 Å². The number of ether oxygens (including phenoxy) is 1. The quantitative estimate of drug-likeness (QED) is 0.524. The van der Waals surface area contributed by atoms with Crippen LogP contribution in [0, 0.1) is 5.92 Å². The van der Waals surface area contributed by atoms with Crippen molar-refractivity contribution in [2.24, 2.45) is 5.92 Å². The number of hydrogen-bond acceptors (Lipinski definition) is 4. The molecule has 3 aromatic carbocycles. The fourth-order valence-electron chi connectivity index (χ4n) is 2.94. The maximum absolute atomic E-state index is 12.8. The average Bonchev–Trinajstić information content (AvgIpc) is 2.68. The van der Waals surface area contributed by atoms with E-state index >= 15 is 0 Å². The van der Waals surface area contributed by atoms with Gasteiger partial charge in [-0.1, -0.05) is 62.4 Å². The van der Waals surface area contributed by atoms with Gasteiger partial charge in [-0.15, -0.1) is 0 Å². The second kappa shape index (κ2) is 8.52. The smallest absolute Gasteiger partial charge is 0.339 e. The van der Waals surface area contributed by atoms with Crippen molar-refractivity contribution >= 4 is 39.5 Å². The van der Waals surface area contributed by atoms with E-state index in [2.05, 4.69) is 10.6 Å². The Morgan fingerprint density at radius 3 is 2.07 bits per heavy atom.